The van der Waals surface area contributed by atoms with Gasteiger partial charge < -0.3 is 10.8 Å². The number of carbonyl (C=O) groups excluding carboxylic acids is 1. The Balaban J connectivity index is 2.42. The molecule has 2 rings (SSSR count). The van der Waals surface area contributed by atoms with Crippen molar-refractivity contribution in [2.75, 3.05) is 0 Å². The topological polar surface area (TPSA) is 63.3 Å². The van der Waals surface area contributed by atoms with Crippen molar-refractivity contribution < 1.29 is 9.90 Å². The zero-order valence-electron chi connectivity index (χ0n) is 6.21. The van der Waals surface area contributed by atoms with Gasteiger partial charge in [-0.2, -0.15) is 0 Å². The lowest BCUT2D eigenvalue weighted by atomic mass is 9.92. The number of rotatable bonds is 0. The Hall–Kier alpha value is -0.830. The Kier molecular flexibility index (Phi) is 1.16. The second kappa shape index (κ2) is 1.85. The second-order valence-corrected chi connectivity index (χ2v) is 3.37. The fourth-order valence-electron chi connectivity index (χ4n) is 2.09. The van der Waals surface area contributed by atoms with Gasteiger partial charge >= 0.3 is 0 Å². The van der Waals surface area contributed by atoms with Gasteiger partial charge in [0, 0.05) is 11.8 Å². The van der Waals surface area contributed by atoms with E-state index in [0.717, 1.165) is 12.8 Å². The van der Waals surface area contributed by atoms with Gasteiger partial charge in [-0.25, -0.2) is 0 Å². The lowest BCUT2D eigenvalue weighted by Crippen LogP contribution is -2.36. The standard InChI is InChI=1S/C8H11NO2/c9-7-4-6(10)5-2-1-3-8(5,7)11/h4-5,11H,1-3,9H2/t5-,8+/m1/s1. The highest BCUT2D eigenvalue weighted by molar-refractivity contribution is 5.97. The number of hydrogen-bond acceptors (Lipinski definition) is 3. The van der Waals surface area contributed by atoms with E-state index in [4.69, 9.17) is 5.73 Å². The molecule has 0 amide bonds. The number of ketones is 1. The van der Waals surface area contributed by atoms with E-state index in [9.17, 15) is 9.90 Å². The minimum absolute atomic E-state index is 0.00231. The molecule has 1 saturated carbocycles. The first-order valence-electron chi connectivity index (χ1n) is 3.88. The second-order valence-electron chi connectivity index (χ2n) is 3.37. The molecule has 0 saturated heterocycles. The van der Waals surface area contributed by atoms with Crippen molar-refractivity contribution in [2.45, 2.75) is 24.9 Å². The summed E-state index contributed by atoms with van der Waals surface area (Å²) in [6.45, 7) is 0. The molecule has 0 unspecified atom stereocenters. The maximum Gasteiger partial charge on any atom is 0.163 e. The van der Waals surface area contributed by atoms with Gasteiger partial charge in [0.15, 0.2) is 5.78 Å². The maximum atomic E-state index is 11.2. The lowest BCUT2D eigenvalue weighted by molar-refractivity contribution is -0.121. The molecule has 1 fully saturated rings. The fraction of sp³-hybridized carbons (Fsp3) is 0.625. The first-order valence-corrected chi connectivity index (χ1v) is 3.88. The highest BCUT2D eigenvalue weighted by atomic mass is 16.3. The molecule has 0 aromatic rings. The molecule has 3 heteroatoms. The summed E-state index contributed by atoms with van der Waals surface area (Å²) in [5, 5.41) is 9.86. The molecule has 2 aliphatic rings. The van der Waals surface area contributed by atoms with Crippen molar-refractivity contribution in [3.63, 3.8) is 0 Å². The van der Waals surface area contributed by atoms with E-state index in [-0.39, 0.29) is 11.7 Å². The summed E-state index contributed by atoms with van der Waals surface area (Å²) in [4.78, 5) is 11.2. The zero-order valence-corrected chi connectivity index (χ0v) is 6.21. The number of nitrogens with two attached hydrogens (primary N) is 1. The van der Waals surface area contributed by atoms with E-state index in [1.165, 1.54) is 6.08 Å². The predicted molar refractivity (Wildman–Crippen MR) is 39.6 cm³/mol. The van der Waals surface area contributed by atoms with Crippen molar-refractivity contribution in [1.29, 1.82) is 0 Å². The SMILES string of the molecule is NC1=CC(=O)[C@H]2CCC[C@@]12O. The van der Waals surface area contributed by atoms with Gasteiger partial charge in [0.2, 0.25) is 0 Å². The average Bonchev–Trinajstić information content (AvgIpc) is 2.39. The van der Waals surface area contributed by atoms with Crippen LogP contribution in [0.5, 0.6) is 0 Å². The van der Waals surface area contributed by atoms with Gasteiger partial charge in [0.05, 0.1) is 5.92 Å². The third-order valence-electron chi connectivity index (χ3n) is 2.77. The Morgan fingerprint density at radius 2 is 2.45 bits per heavy atom. The summed E-state index contributed by atoms with van der Waals surface area (Å²) in [6, 6.07) is 0. The van der Waals surface area contributed by atoms with Crippen LogP contribution in [0.2, 0.25) is 0 Å². The van der Waals surface area contributed by atoms with E-state index >= 15 is 0 Å². The van der Waals surface area contributed by atoms with Gasteiger partial charge in [-0.1, -0.05) is 0 Å². The molecular formula is C8H11NO2. The molecule has 2 atom stereocenters. The van der Waals surface area contributed by atoms with Gasteiger partial charge in [-0.3, -0.25) is 4.79 Å². The molecule has 0 aliphatic heterocycles. The zero-order chi connectivity index (χ0) is 8.06. The number of allylic oxidation sites excluding steroid dienone is 1. The summed E-state index contributed by atoms with van der Waals surface area (Å²) < 4.78 is 0. The van der Waals surface area contributed by atoms with Crippen molar-refractivity contribution in [1.82, 2.24) is 0 Å². The van der Waals surface area contributed by atoms with Crippen LogP contribution >= 0.6 is 0 Å². The van der Waals surface area contributed by atoms with E-state index in [1.807, 2.05) is 0 Å². The van der Waals surface area contributed by atoms with Crippen LogP contribution in [0.1, 0.15) is 19.3 Å². The summed E-state index contributed by atoms with van der Waals surface area (Å²) in [5.74, 6) is -0.231. The van der Waals surface area contributed by atoms with Crippen LogP contribution in [0.4, 0.5) is 0 Å². The first-order chi connectivity index (χ1) is 5.14. The van der Waals surface area contributed by atoms with E-state index in [0.29, 0.717) is 12.1 Å². The number of aliphatic hydroxyl groups is 1. The Bertz CT molecular complexity index is 246. The Labute approximate surface area is 64.9 Å². The number of fused-ring (bicyclic) bond motifs is 1. The van der Waals surface area contributed by atoms with Crippen molar-refractivity contribution in [2.24, 2.45) is 11.7 Å². The molecule has 0 heterocycles. The van der Waals surface area contributed by atoms with E-state index < -0.39 is 5.60 Å². The molecule has 0 aromatic carbocycles. The minimum atomic E-state index is -0.975. The monoisotopic (exact) mass is 153 g/mol. The molecular weight excluding hydrogens is 142 g/mol. The van der Waals surface area contributed by atoms with Crippen LogP contribution in [0, 0.1) is 5.92 Å². The molecule has 0 aromatic heterocycles. The van der Waals surface area contributed by atoms with Gasteiger partial charge in [-0.05, 0) is 19.3 Å². The quantitative estimate of drug-likeness (QED) is 0.512. The first kappa shape index (κ1) is 6.85. The average molecular weight is 153 g/mol. The smallest absolute Gasteiger partial charge is 0.163 e. The molecule has 11 heavy (non-hydrogen) atoms. The van der Waals surface area contributed by atoms with Gasteiger partial charge in [0.25, 0.3) is 0 Å². The molecule has 3 nitrogen and oxygen atoms in total. The highest BCUT2D eigenvalue weighted by Crippen LogP contribution is 2.43. The summed E-state index contributed by atoms with van der Waals surface area (Å²) in [7, 11) is 0. The molecule has 0 radical (unpaired) electrons. The van der Waals surface area contributed by atoms with Crippen LogP contribution in [0.15, 0.2) is 11.8 Å². The molecule has 60 valence electrons. The maximum absolute atomic E-state index is 11.2. The lowest BCUT2D eigenvalue weighted by Gasteiger charge is -2.22. The van der Waals surface area contributed by atoms with Crippen molar-refractivity contribution in [3.8, 4) is 0 Å². The number of hydrogen-bond donors (Lipinski definition) is 2. The third kappa shape index (κ3) is 0.688. The third-order valence-corrected chi connectivity index (χ3v) is 2.77. The molecule has 0 spiro atoms. The Morgan fingerprint density at radius 1 is 1.73 bits per heavy atom. The van der Waals surface area contributed by atoms with Crippen molar-refractivity contribution in [3.05, 3.63) is 11.8 Å². The Morgan fingerprint density at radius 3 is 3.09 bits per heavy atom. The molecule has 0 bridgehead atoms. The van der Waals surface area contributed by atoms with Crippen molar-refractivity contribution >= 4 is 5.78 Å². The van der Waals surface area contributed by atoms with Crippen LogP contribution in [-0.2, 0) is 4.79 Å². The van der Waals surface area contributed by atoms with Crippen LogP contribution in [-0.4, -0.2) is 16.5 Å². The van der Waals surface area contributed by atoms with Crippen LogP contribution < -0.4 is 5.73 Å². The summed E-state index contributed by atoms with van der Waals surface area (Å²) >= 11 is 0. The van der Waals surface area contributed by atoms with Gasteiger partial charge in [0.1, 0.15) is 5.60 Å². The normalized spacial score (nSPS) is 42.5. The van der Waals surface area contributed by atoms with Crippen LogP contribution in [0.3, 0.4) is 0 Å². The fourth-order valence-corrected chi connectivity index (χ4v) is 2.09. The summed E-state index contributed by atoms with van der Waals surface area (Å²) in [5.41, 5.74) is 4.93. The predicted octanol–water partition coefficient (Wildman–Crippen LogP) is -0.0571. The largest absolute Gasteiger partial charge is 0.400 e. The van der Waals surface area contributed by atoms with E-state index in [2.05, 4.69) is 0 Å². The highest BCUT2D eigenvalue weighted by Gasteiger charge is 2.50. The molecule has 2 aliphatic carbocycles. The number of carbonyl (C=O) groups is 1. The van der Waals surface area contributed by atoms with E-state index in [1.54, 1.807) is 0 Å². The molecule has 3 N–H and O–H groups in total. The summed E-state index contributed by atoms with van der Waals surface area (Å²) in [6.07, 6.45) is 3.71. The van der Waals surface area contributed by atoms with Crippen LogP contribution in [0.25, 0.3) is 0 Å². The van der Waals surface area contributed by atoms with Gasteiger partial charge in [-0.15, -0.1) is 0 Å². The minimum Gasteiger partial charge on any atom is -0.400 e.